The molecule has 198 valence electrons. The average molecular weight is 551 g/mol. The number of hydrogen-bond acceptors (Lipinski definition) is 5. The molecule has 4 aromatic rings. The van der Waals surface area contributed by atoms with Crippen LogP contribution in [-0.2, 0) is 28.9 Å². The van der Waals surface area contributed by atoms with E-state index in [9.17, 15) is 14.0 Å². The summed E-state index contributed by atoms with van der Waals surface area (Å²) in [5.41, 5.74) is 3.64. The molecule has 0 radical (unpaired) electrons. The molecule has 5 nitrogen and oxygen atoms in total. The predicted molar refractivity (Wildman–Crippen MR) is 153 cm³/mol. The van der Waals surface area contributed by atoms with Crippen molar-refractivity contribution in [2.45, 2.75) is 62.6 Å². The number of aromatic nitrogens is 1. The number of hydrogen-bond donors (Lipinski definition) is 1. The fourth-order valence-corrected chi connectivity index (χ4v) is 7.25. The highest BCUT2D eigenvalue weighted by molar-refractivity contribution is 8.00. The Morgan fingerprint density at radius 1 is 1.11 bits per heavy atom. The van der Waals surface area contributed by atoms with E-state index in [1.807, 2.05) is 19.1 Å². The van der Waals surface area contributed by atoms with E-state index in [1.54, 1.807) is 19.1 Å². The molecule has 0 aliphatic heterocycles. The second-order valence-corrected chi connectivity index (χ2v) is 12.0. The molecular weight excluding hydrogens is 519 g/mol. The quantitative estimate of drug-likeness (QED) is 0.141. The summed E-state index contributed by atoms with van der Waals surface area (Å²) in [6.45, 7) is 4.58. The molecule has 1 N–H and O–H groups in total. The number of nitrogens with zero attached hydrogens (tertiary/aromatic N) is 1. The van der Waals surface area contributed by atoms with Crippen LogP contribution in [0.3, 0.4) is 0 Å². The number of rotatable bonds is 8. The molecule has 2 heterocycles. The number of ether oxygens (including phenoxy) is 1. The maximum Gasteiger partial charge on any atom is 0.341 e. The third-order valence-electron chi connectivity index (χ3n) is 6.83. The Morgan fingerprint density at radius 2 is 1.87 bits per heavy atom. The number of carbonyl (C=O) groups excluding carboxylic acids is 2. The number of amides is 1. The first-order valence-corrected chi connectivity index (χ1v) is 14.8. The minimum atomic E-state index is -0.392. The highest BCUT2D eigenvalue weighted by Gasteiger charge is 2.28. The van der Waals surface area contributed by atoms with E-state index in [0.717, 1.165) is 59.0 Å². The Bertz CT molecular complexity index is 1460. The van der Waals surface area contributed by atoms with Gasteiger partial charge in [0.25, 0.3) is 0 Å². The van der Waals surface area contributed by atoms with Gasteiger partial charge in [0.1, 0.15) is 10.8 Å². The summed E-state index contributed by atoms with van der Waals surface area (Å²) in [6, 6.07) is 14.6. The number of thiophene rings is 1. The first-order valence-electron chi connectivity index (χ1n) is 13.1. The number of anilines is 1. The van der Waals surface area contributed by atoms with Gasteiger partial charge < -0.3 is 14.6 Å². The molecule has 0 saturated heterocycles. The first-order chi connectivity index (χ1) is 18.4. The molecule has 0 fully saturated rings. The van der Waals surface area contributed by atoms with Crippen molar-refractivity contribution in [1.82, 2.24) is 4.57 Å². The lowest BCUT2D eigenvalue weighted by atomic mass is 10.1. The van der Waals surface area contributed by atoms with Gasteiger partial charge in [0.15, 0.2) is 0 Å². The Balaban J connectivity index is 1.37. The van der Waals surface area contributed by atoms with Crippen molar-refractivity contribution in [3.05, 3.63) is 82.1 Å². The summed E-state index contributed by atoms with van der Waals surface area (Å²) in [6.07, 6.45) is 7.11. The Hall–Kier alpha value is -3.10. The van der Waals surface area contributed by atoms with Crippen LogP contribution in [0.25, 0.3) is 10.9 Å². The predicted octanol–water partition coefficient (Wildman–Crippen LogP) is 7.46. The van der Waals surface area contributed by atoms with Gasteiger partial charge >= 0.3 is 5.97 Å². The number of para-hydroxylation sites is 1. The van der Waals surface area contributed by atoms with Gasteiger partial charge in [0.2, 0.25) is 5.91 Å². The van der Waals surface area contributed by atoms with E-state index in [4.69, 9.17) is 4.74 Å². The number of halogens is 1. The van der Waals surface area contributed by atoms with Crippen LogP contribution in [0.5, 0.6) is 0 Å². The lowest BCUT2D eigenvalue weighted by molar-refractivity contribution is -0.115. The van der Waals surface area contributed by atoms with E-state index in [-0.39, 0.29) is 17.7 Å². The fraction of sp³-hybridized carbons (Fsp3) is 0.333. The second-order valence-electron chi connectivity index (χ2n) is 9.50. The Morgan fingerprint density at radius 3 is 2.66 bits per heavy atom. The zero-order valence-corrected chi connectivity index (χ0v) is 23.2. The van der Waals surface area contributed by atoms with Gasteiger partial charge in [-0.2, -0.15) is 0 Å². The maximum absolute atomic E-state index is 13.4. The highest BCUT2D eigenvalue weighted by Crippen LogP contribution is 2.39. The van der Waals surface area contributed by atoms with E-state index in [0.29, 0.717) is 23.7 Å². The van der Waals surface area contributed by atoms with E-state index < -0.39 is 5.25 Å². The zero-order valence-electron chi connectivity index (χ0n) is 21.6. The van der Waals surface area contributed by atoms with Crippen molar-refractivity contribution < 1.29 is 18.7 Å². The Labute approximate surface area is 230 Å². The van der Waals surface area contributed by atoms with E-state index in [2.05, 4.69) is 28.2 Å². The van der Waals surface area contributed by atoms with Crippen molar-refractivity contribution in [2.75, 3.05) is 11.9 Å². The second kappa shape index (κ2) is 11.7. The summed E-state index contributed by atoms with van der Waals surface area (Å²) >= 11 is 3.01. The normalized spacial score (nSPS) is 14.1. The van der Waals surface area contributed by atoms with Gasteiger partial charge in [-0.3, -0.25) is 4.79 Å². The summed E-state index contributed by atoms with van der Waals surface area (Å²) in [5, 5.41) is 4.34. The average Bonchev–Trinajstić information content (AvgIpc) is 3.33. The number of nitrogens with one attached hydrogen (secondary N) is 1. The van der Waals surface area contributed by atoms with Crippen LogP contribution < -0.4 is 5.32 Å². The van der Waals surface area contributed by atoms with Gasteiger partial charge in [-0.1, -0.05) is 36.8 Å². The molecule has 2 aromatic heterocycles. The smallest absolute Gasteiger partial charge is 0.341 e. The summed E-state index contributed by atoms with van der Waals surface area (Å²) < 4.78 is 20.9. The molecule has 2 aromatic carbocycles. The van der Waals surface area contributed by atoms with Crippen LogP contribution in [0.1, 0.15) is 59.5 Å². The van der Waals surface area contributed by atoms with Crippen LogP contribution in [0, 0.1) is 5.82 Å². The van der Waals surface area contributed by atoms with Crippen LogP contribution in [0.15, 0.2) is 59.6 Å². The molecule has 1 atom stereocenters. The van der Waals surface area contributed by atoms with E-state index >= 15 is 0 Å². The lowest BCUT2D eigenvalue weighted by Crippen LogP contribution is -2.23. The molecule has 0 spiro atoms. The molecule has 8 heteroatoms. The minimum Gasteiger partial charge on any atom is -0.462 e. The number of esters is 1. The number of fused-ring (bicyclic) bond motifs is 2. The zero-order chi connectivity index (χ0) is 26.6. The number of aryl methyl sites for hydroxylation is 1. The SMILES string of the molecule is CCOC(=O)c1c(NC(=O)C(C)Sc2cn(Cc3ccc(F)cc3)c3ccccc23)sc2c1CCCCC2. The molecule has 0 saturated carbocycles. The maximum atomic E-state index is 13.4. The van der Waals surface area contributed by atoms with Crippen molar-refractivity contribution in [1.29, 1.82) is 0 Å². The van der Waals surface area contributed by atoms with Crippen LogP contribution in [0.2, 0.25) is 0 Å². The standard InChI is InChI=1S/C30H31FN2O3S2/c1-3-36-30(35)27-23-10-5-4-6-12-25(23)38-29(27)32-28(34)19(2)37-26-18-33(24-11-8-7-9-22(24)26)17-20-13-15-21(31)16-14-20/h7-9,11,13-16,18-19H,3-6,10,12,17H2,1-2H3,(H,32,34). The topological polar surface area (TPSA) is 60.3 Å². The van der Waals surface area contributed by atoms with Gasteiger partial charge in [-0.15, -0.1) is 23.1 Å². The van der Waals surface area contributed by atoms with Gasteiger partial charge in [-0.25, -0.2) is 9.18 Å². The minimum absolute atomic E-state index is 0.146. The molecule has 5 rings (SSSR count). The molecule has 1 amide bonds. The van der Waals surface area contributed by atoms with Gasteiger partial charge in [0.05, 0.1) is 17.4 Å². The molecule has 1 aliphatic rings. The van der Waals surface area contributed by atoms with Crippen LogP contribution in [-0.4, -0.2) is 28.3 Å². The van der Waals surface area contributed by atoms with Crippen LogP contribution >= 0.6 is 23.1 Å². The van der Waals surface area contributed by atoms with Crippen molar-refractivity contribution in [2.24, 2.45) is 0 Å². The largest absolute Gasteiger partial charge is 0.462 e. The monoisotopic (exact) mass is 550 g/mol. The van der Waals surface area contributed by atoms with Crippen molar-refractivity contribution >= 4 is 50.9 Å². The first kappa shape index (κ1) is 26.5. The molecule has 1 unspecified atom stereocenters. The number of benzene rings is 2. The highest BCUT2D eigenvalue weighted by atomic mass is 32.2. The van der Waals surface area contributed by atoms with Crippen molar-refractivity contribution in [3.8, 4) is 0 Å². The third kappa shape index (κ3) is 5.66. The summed E-state index contributed by atoms with van der Waals surface area (Å²) in [7, 11) is 0. The number of carbonyl (C=O) groups is 2. The summed E-state index contributed by atoms with van der Waals surface area (Å²) in [4.78, 5) is 28.4. The number of thioether (sulfide) groups is 1. The lowest BCUT2D eigenvalue weighted by Gasteiger charge is -2.12. The molecule has 1 aliphatic carbocycles. The van der Waals surface area contributed by atoms with Crippen LogP contribution in [0.4, 0.5) is 9.39 Å². The third-order valence-corrected chi connectivity index (χ3v) is 9.18. The van der Waals surface area contributed by atoms with Gasteiger partial charge in [0, 0.05) is 33.4 Å². The fourth-order valence-electron chi connectivity index (χ4n) is 4.93. The molecular formula is C30H31FN2O3S2. The van der Waals surface area contributed by atoms with E-state index in [1.165, 1.54) is 40.1 Å². The van der Waals surface area contributed by atoms with Gasteiger partial charge in [-0.05, 0) is 68.9 Å². The Kier molecular flexibility index (Phi) is 8.19. The molecule has 38 heavy (non-hydrogen) atoms. The molecule has 0 bridgehead atoms. The summed E-state index contributed by atoms with van der Waals surface area (Å²) in [5.74, 6) is -0.755. The van der Waals surface area contributed by atoms with Crippen molar-refractivity contribution in [3.63, 3.8) is 0 Å².